The van der Waals surface area contributed by atoms with E-state index in [9.17, 15) is 0 Å². The van der Waals surface area contributed by atoms with Crippen LogP contribution in [-0.4, -0.2) is 23.3 Å². The highest BCUT2D eigenvalue weighted by Gasteiger charge is 2.13. The van der Waals surface area contributed by atoms with Gasteiger partial charge in [-0.25, -0.2) is 0 Å². The van der Waals surface area contributed by atoms with E-state index in [1.165, 1.54) is 30.4 Å². The molecule has 0 aliphatic carbocycles. The fraction of sp³-hybridized carbons (Fsp3) is 0.588. The van der Waals surface area contributed by atoms with E-state index >= 15 is 0 Å². The molecule has 0 aliphatic rings. The van der Waals surface area contributed by atoms with Gasteiger partial charge in [0.25, 0.3) is 0 Å². The minimum absolute atomic E-state index is 0.143. The molecule has 0 amide bonds. The topological polar surface area (TPSA) is 53.1 Å². The molecule has 0 fully saturated rings. The van der Waals surface area contributed by atoms with Crippen LogP contribution in [0, 0.1) is 12.3 Å². The van der Waals surface area contributed by atoms with Crippen LogP contribution in [0.15, 0.2) is 18.2 Å². The normalized spacial score (nSPS) is 12.7. The second kappa shape index (κ2) is 8.05. The maximum atomic E-state index is 7.50. The van der Waals surface area contributed by atoms with Crippen molar-refractivity contribution in [2.24, 2.45) is 5.73 Å². The third-order valence-corrected chi connectivity index (χ3v) is 4.04. The van der Waals surface area contributed by atoms with Gasteiger partial charge in [0.05, 0.1) is 0 Å². The standard InChI is InChI=1S/C17H29N3/c1-5-7-10-20(14(4)6-2)12-16-9-8-15(17(18)19)11-13(16)3/h8-9,11,14H,5-7,10,12H2,1-4H3,(H3,18,19). The van der Waals surface area contributed by atoms with Crippen LogP contribution in [0.5, 0.6) is 0 Å². The van der Waals surface area contributed by atoms with Gasteiger partial charge in [-0.05, 0) is 50.4 Å². The Labute approximate surface area is 123 Å². The molecule has 1 atom stereocenters. The van der Waals surface area contributed by atoms with Gasteiger partial charge < -0.3 is 5.73 Å². The van der Waals surface area contributed by atoms with E-state index in [-0.39, 0.29) is 5.84 Å². The van der Waals surface area contributed by atoms with Gasteiger partial charge in [0, 0.05) is 18.2 Å². The molecule has 112 valence electrons. The first kappa shape index (κ1) is 16.7. The number of aryl methyl sites for hydroxylation is 1. The van der Waals surface area contributed by atoms with Crippen LogP contribution in [-0.2, 0) is 6.54 Å². The molecule has 0 saturated heterocycles. The highest BCUT2D eigenvalue weighted by molar-refractivity contribution is 5.95. The number of benzene rings is 1. The van der Waals surface area contributed by atoms with Gasteiger partial charge in [-0.2, -0.15) is 0 Å². The maximum absolute atomic E-state index is 7.50. The summed E-state index contributed by atoms with van der Waals surface area (Å²) in [4.78, 5) is 2.55. The van der Waals surface area contributed by atoms with Crippen LogP contribution in [0.1, 0.15) is 56.7 Å². The summed E-state index contributed by atoms with van der Waals surface area (Å²) < 4.78 is 0. The molecule has 1 aromatic carbocycles. The van der Waals surface area contributed by atoms with Gasteiger partial charge in [-0.1, -0.05) is 32.4 Å². The molecule has 1 unspecified atom stereocenters. The molecule has 0 aromatic heterocycles. The third kappa shape index (κ3) is 4.64. The number of nitrogens with two attached hydrogens (primary N) is 1. The molecule has 0 saturated carbocycles. The molecular weight excluding hydrogens is 246 g/mol. The average molecular weight is 275 g/mol. The number of nitrogens with zero attached hydrogens (tertiary/aromatic N) is 1. The summed E-state index contributed by atoms with van der Waals surface area (Å²) in [5, 5.41) is 7.50. The number of unbranched alkanes of at least 4 members (excludes halogenated alkanes) is 1. The van der Waals surface area contributed by atoms with Crippen molar-refractivity contribution in [1.29, 1.82) is 5.41 Å². The Kier molecular flexibility index (Phi) is 6.73. The summed E-state index contributed by atoms with van der Waals surface area (Å²) in [6.45, 7) is 11.0. The van der Waals surface area contributed by atoms with Gasteiger partial charge in [0.2, 0.25) is 0 Å². The first-order valence-corrected chi connectivity index (χ1v) is 7.67. The first-order chi connectivity index (χ1) is 9.49. The molecule has 3 heteroatoms. The lowest BCUT2D eigenvalue weighted by molar-refractivity contribution is 0.192. The summed E-state index contributed by atoms with van der Waals surface area (Å²) in [6, 6.07) is 6.70. The molecule has 0 heterocycles. The fourth-order valence-electron chi connectivity index (χ4n) is 2.33. The average Bonchev–Trinajstić information content (AvgIpc) is 2.43. The van der Waals surface area contributed by atoms with Crippen LogP contribution in [0.3, 0.4) is 0 Å². The van der Waals surface area contributed by atoms with Crippen LogP contribution in [0.4, 0.5) is 0 Å². The van der Waals surface area contributed by atoms with Crippen molar-refractivity contribution < 1.29 is 0 Å². The van der Waals surface area contributed by atoms with E-state index in [4.69, 9.17) is 11.1 Å². The highest BCUT2D eigenvalue weighted by Crippen LogP contribution is 2.16. The molecule has 20 heavy (non-hydrogen) atoms. The van der Waals surface area contributed by atoms with E-state index in [0.717, 1.165) is 18.7 Å². The van der Waals surface area contributed by atoms with E-state index in [1.54, 1.807) is 0 Å². The Hall–Kier alpha value is -1.35. The summed E-state index contributed by atoms with van der Waals surface area (Å²) in [5.41, 5.74) is 8.92. The summed E-state index contributed by atoms with van der Waals surface area (Å²) in [7, 11) is 0. The Balaban J connectivity index is 2.84. The van der Waals surface area contributed by atoms with E-state index in [2.05, 4.69) is 38.7 Å². The third-order valence-electron chi connectivity index (χ3n) is 4.04. The van der Waals surface area contributed by atoms with Gasteiger partial charge in [-0.3, -0.25) is 10.3 Å². The lowest BCUT2D eigenvalue weighted by Crippen LogP contribution is -2.33. The van der Waals surface area contributed by atoms with Crippen molar-refractivity contribution in [3.05, 3.63) is 34.9 Å². The van der Waals surface area contributed by atoms with Crippen molar-refractivity contribution in [3.8, 4) is 0 Å². The highest BCUT2D eigenvalue weighted by atomic mass is 15.1. The van der Waals surface area contributed by atoms with E-state index in [1.807, 2.05) is 12.1 Å². The second-order valence-electron chi connectivity index (χ2n) is 5.64. The van der Waals surface area contributed by atoms with Crippen LogP contribution in [0.2, 0.25) is 0 Å². The fourth-order valence-corrected chi connectivity index (χ4v) is 2.33. The zero-order chi connectivity index (χ0) is 15.1. The molecule has 1 rings (SSSR count). The van der Waals surface area contributed by atoms with Crippen molar-refractivity contribution in [1.82, 2.24) is 4.90 Å². The van der Waals surface area contributed by atoms with Crippen molar-refractivity contribution in [2.45, 2.75) is 59.5 Å². The molecule has 1 aromatic rings. The summed E-state index contributed by atoms with van der Waals surface area (Å²) in [5.74, 6) is 0.143. The second-order valence-corrected chi connectivity index (χ2v) is 5.64. The number of rotatable bonds is 8. The largest absolute Gasteiger partial charge is 0.384 e. The summed E-state index contributed by atoms with van der Waals surface area (Å²) >= 11 is 0. The number of hydrogen-bond acceptors (Lipinski definition) is 2. The molecule has 0 spiro atoms. The lowest BCUT2D eigenvalue weighted by Gasteiger charge is -2.29. The molecule has 0 bridgehead atoms. The van der Waals surface area contributed by atoms with E-state index in [0.29, 0.717) is 6.04 Å². The molecule has 3 N–H and O–H groups in total. The van der Waals surface area contributed by atoms with Crippen molar-refractivity contribution >= 4 is 5.84 Å². The minimum Gasteiger partial charge on any atom is -0.384 e. The number of nitrogen functional groups attached to an aromatic ring is 1. The Morgan fingerprint density at radius 3 is 2.55 bits per heavy atom. The predicted molar refractivity (Wildman–Crippen MR) is 87.3 cm³/mol. The number of hydrogen-bond donors (Lipinski definition) is 2. The quantitative estimate of drug-likeness (QED) is 0.561. The number of nitrogens with one attached hydrogen (secondary N) is 1. The molecule has 0 radical (unpaired) electrons. The lowest BCUT2D eigenvalue weighted by atomic mass is 10.0. The first-order valence-electron chi connectivity index (χ1n) is 7.67. The van der Waals surface area contributed by atoms with E-state index < -0.39 is 0 Å². The smallest absolute Gasteiger partial charge is 0.122 e. The van der Waals surface area contributed by atoms with Crippen LogP contribution < -0.4 is 5.73 Å². The zero-order valence-corrected chi connectivity index (χ0v) is 13.4. The van der Waals surface area contributed by atoms with Gasteiger partial charge in [-0.15, -0.1) is 0 Å². The molecule has 0 aliphatic heterocycles. The Bertz CT molecular complexity index is 440. The maximum Gasteiger partial charge on any atom is 0.122 e. The van der Waals surface area contributed by atoms with Gasteiger partial charge in [0.1, 0.15) is 5.84 Å². The van der Waals surface area contributed by atoms with Crippen molar-refractivity contribution in [3.63, 3.8) is 0 Å². The summed E-state index contributed by atoms with van der Waals surface area (Å²) in [6.07, 6.45) is 3.65. The monoisotopic (exact) mass is 275 g/mol. The zero-order valence-electron chi connectivity index (χ0n) is 13.4. The Morgan fingerprint density at radius 2 is 2.05 bits per heavy atom. The van der Waals surface area contributed by atoms with Crippen LogP contribution in [0.25, 0.3) is 0 Å². The van der Waals surface area contributed by atoms with Crippen LogP contribution >= 0.6 is 0 Å². The SMILES string of the molecule is CCCCN(Cc1ccc(C(=N)N)cc1C)C(C)CC. The van der Waals surface area contributed by atoms with Gasteiger partial charge >= 0.3 is 0 Å². The van der Waals surface area contributed by atoms with Gasteiger partial charge in [0.15, 0.2) is 0 Å². The van der Waals surface area contributed by atoms with Crippen molar-refractivity contribution in [2.75, 3.05) is 6.54 Å². The minimum atomic E-state index is 0.143. The predicted octanol–water partition coefficient (Wildman–Crippen LogP) is 3.68. The Morgan fingerprint density at radius 1 is 1.35 bits per heavy atom. The molecule has 3 nitrogen and oxygen atoms in total. The molecular formula is C17H29N3. The number of amidine groups is 1.